The summed E-state index contributed by atoms with van der Waals surface area (Å²) in [6.45, 7) is 7.62. The summed E-state index contributed by atoms with van der Waals surface area (Å²) in [7, 11) is 0. The van der Waals surface area contributed by atoms with Gasteiger partial charge >= 0.3 is 0 Å². The Morgan fingerprint density at radius 1 is 1.18 bits per heavy atom. The first-order valence-electron chi connectivity index (χ1n) is 4.60. The molecule has 0 fully saturated rings. The van der Waals surface area contributed by atoms with E-state index in [0.717, 1.165) is 25.8 Å². The Labute approximate surface area is 70.0 Å². The highest BCUT2D eigenvalue weighted by Gasteiger charge is 2.23. The standard InChI is InChI=1S/C9H21NO/c1-4-7-10-9(5-2,6-3)8-11/h10-11H,4-8H2,1-3H3. The van der Waals surface area contributed by atoms with Gasteiger partial charge in [0.2, 0.25) is 0 Å². The number of nitrogens with one attached hydrogen (secondary N) is 1. The zero-order valence-corrected chi connectivity index (χ0v) is 7.98. The Balaban J connectivity index is 3.84. The van der Waals surface area contributed by atoms with E-state index in [1.807, 2.05) is 0 Å². The largest absolute Gasteiger partial charge is 0.394 e. The minimum atomic E-state index is -0.0178. The summed E-state index contributed by atoms with van der Waals surface area (Å²) in [5.41, 5.74) is -0.0178. The summed E-state index contributed by atoms with van der Waals surface area (Å²) < 4.78 is 0. The van der Waals surface area contributed by atoms with Crippen LogP contribution in [0.1, 0.15) is 40.0 Å². The molecule has 0 aromatic heterocycles. The molecule has 0 saturated carbocycles. The second-order valence-corrected chi connectivity index (χ2v) is 3.07. The van der Waals surface area contributed by atoms with Crippen molar-refractivity contribution in [3.63, 3.8) is 0 Å². The second-order valence-electron chi connectivity index (χ2n) is 3.07. The topological polar surface area (TPSA) is 32.3 Å². The Kier molecular flexibility index (Phi) is 5.51. The average Bonchev–Trinajstić information content (AvgIpc) is 2.08. The van der Waals surface area contributed by atoms with Crippen LogP contribution in [-0.4, -0.2) is 23.8 Å². The van der Waals surface area contributed by atoms with Crippen LogP contribution in [0.4, 0.5) is 0 Å². The van der Waals surface area contributed by atoms with Gasteiger partial charge in [-0.05, 0) is 25.8 Å². The van der Waals surface area contributed by atoms with Crippen molar-refractivity contribution in [1.29, 1.82) is 0 Å². The van der Waals surface area contributed by atoms with Gasteiger partial charge in [-0.1, -0.05) is 20.8 Å². The summed E-state index contributed by atoms with van der Waals surface area (Å²) >= 11 is 0. The van der Waals surface area contributed by atoms with Gasteiger partial charge in [0.15, 0.2) is 0 Å². The Bertz CT molecular complexity index is 81.3. The molecule has 0 amide bonds. The van der Waals surface area contributed by atoms with Crippen molar-refractivity contribution in [1.82, 2.24) is 5.32 Å². The van der Waals surface area contributed by atoms with Crippen LogP contribution in [0.2, 0.25) is 0 Å². The van der Waals surface area contributed by atoms with E-state index in [4.69, 9.17) is 5.11 Å². The molecule has 0 saturated heterocycles. The van der Waals surface area contributed by atoms with E-state index in [9.17, 15) is 0 Å². The van der Waals surface area contributed by atoms with Crippen molar-refractivity contribution in [3.05, 3.63) is 0 Å². The van der Waals surface area contributed by atoms with Gasteiger partial charge in [0.1, 0.15) is 0 Å². The highest BCUT2D eigenvalue weighted by atomic mass is 16.3. The number of rotatable bonds is 6. The van der Waals surface area contributed by atoms with E-state index in [0.29, 0.717) is 0 Å². The lowest BCUT2D eigenvalue weighted by Crippen LogP contribution is -2.47. The van der Waals surface area contributed by atoms with Crippen LogP contribution in [-0.2, 0) is 0 Å². The fraction of sp³-hybridized carbons (Fsp3) is 1.00. The van der Waals surface area contributed by atoms with Gasteiger partial charge in [0, 0.05) is 5.54 Å². The Hall–Kier alpha value is -0.0800. The highest BCUT2D eigenvalue weighted by molar-refractivity contribution is 4.83. The predicted molar refractivity (Wildman–Crippen MR) is 48.7 cm³/mol. The molecule has 0 aliphatic heterocycles. The molecule has 0 bridgehead atoms. The van der Waals surface area contributed by atoms with E-state index in [-0.39, 0.29) is 12.1 Å². The van der Waals surface area contributed by atoms with Gasteiger partial charge in [-0.3, -0.25) is 0 Å². The third-order valence-electron chi connectivity index (χ3n) is 2.41. The molecule has 0 atom stereocenters. The first kappa shape index (κ1) is 10.9. The quantitative estimate of drug-likeness (QED) is 0.616. The minimum absolute atomic E-state index is 0.0178. The number of hydrogen-bond acceptors (Lipinski definition) is 2. The maximum absolute atomic E-state index is 9.14. The van der Waals surface area contributed by atoms with Crippen LogP contribution < -0.4 is 5.32 Å². The van der Waals surface area contributed by atoms with E-state index in [1.54, 1.807) is 0 Å². The molecule has 0 aliphatic carbocycles. The number of aliphatic hydroxyl groups is 1. The molecular weight excluding hydrogens is 138 g/mol. The van der Waals surface area contributed by atoms with Gasteiger partial charge in [-0.15, -0.1) is 0 Å². The van der Waals surface area contributed by atoms with Gasteiger partial charge in [0.05, 0.1) is 6.61 Å². The smallest absolute Gasteiger partial charge is 0.0613 e. The molecule has 0 radical (unpaired) electrons. The minimum Gasteiger partial charge on any atom is -0.394 e. The summed E-state index contributed by atoms with van der Waals surface area (Å²) in [5.74, 6) is 0. The summed E-state index contributed by atoms with van der Waals surface area (Å²) in [6.07, 6.45) is 3.13. The van der Waals surface area contributed by atoms with E-state index in [2.05, 4.69) is 26.1 Å². The van der Waals surface area contributed by atoms with E-state index >= 15 is 0 Å². The highest BCUT2D eigenvalue weighted by Crippen LogP contribution is 2.13. The molecule has 2 nitrogen and oxygen atoms in total. The predicted octanol–water partition coefficient (Wildman–Crippen LogP) is 1.54. The fourth-order valence-corrected chi connectivity index (χ4v) is 1.17. The SMILES string of the molecule is CCCNC(CC)(CC)CO. The van der Waals surface area contributed by atoms with Crippen molar-refractivity contribution in [2.24, 2.45) is 0 Å². The van der Waals surface area contributed by atoms with Crippen LogP contribution in [0.15, 0.2) is 0 Å². The van der Waals surface area contributed by atoms with Gasteiger partial charge in [0.25, 0.3) is 0 Å². The third kappa shape index (κ3) is 3.21. The summed E-state index contributed by atoms with van der Waals surface area (Å²) in [4.78, 5) is 0. The van der Waals surface area contributed by atoms with Crippen LogP contribution in [0.5, 0.6) is 0 Å². The Morgan fingerprint density at radius 3 is 2.00 bits per heavy atom. The van der Waals surface area contributed by atoms with Gasteiger partial charge in [-0.25, -0.2) is 0 Å². The number of aliphatic hydroxyl groups excluding tert-OH is 1. The maximum Gasteiger partial charge on any atom is 0.0613 e. The van der Waals surface area contributed by atoms with Crippen molar-refractivity contribution >= 4 is 0 Å². The molecule has 0 rings (SSSR count). The first-order valence-corrected chi connectivity index (χ1v) is 4.60. The monoisotopic (exact) mass is 159 g/mol. The first-order chi connectivity index (χ1) is 5.24. The van der Waals surface area contributed by atoms with Crippen molar-refractivity contribution in [3.8, 4) is 0 Å². The molecule has 2 heteroatoms. The molecule has 0 unspecified atom stereocenters. The zero-order valence-electron chi connectivity index (χ0n) is 7.98. The number of hydrogen-bond donors (Lipinski definition) is 2. The molecule has 0 spiro atoms. The third-order valence-corrected chi connectivity index (χ3v) is 2.41. The summed E-state index contributed by atoms with van der Waals surface area (Å²) in [6, 6.07) is 0. The van der Waals surface area contributed by atoms with Crippen molar-refractivity contribution < 1.29 is 5.11 Å². The molecule has 2 N–H and O–H groups in total. The molecule has 0 heterocycles. The lowest BCUT2D eigenvalue weighted by molar-refractivity contribution is 0.151. The van der Waals surface area contributed by atoms with Crippen molar-refractivity contribution in [2.45, 2.75) is 45.6 Å². The van der Waals surface area contributed by atoms with Crippen LogP contribution in [0.25, 0.3) is 0 Å². The van der Waals surface area contributed by atoms with Crippen LogP contribution in [0, 0.1) is 0 Å². The van der Waals surface area contributed by atoms with Crippen LogP contribution in [0.3, 0.4) is 0 Å². The van der Waals surface area contributed by atoms with E-state index in [1.165, 1.54) is 0 Å². The van der Waals surface area contributed by atoms with Crippen molar-refractivity contribution in [2.75, 3.05) is 13.2 Å². The van der Waals surface area contributed by atoms with Gasteiger partial charge in [-0.2, -0.15) is 0 Å². The van der Waals surface area contributed by atoms with Gasteiger partial charge < -0.3 is 10.4 Å². The lowest BCUT2D eigenvalue weighted by Gasteiger charge is -2.30. The molecule has 68 valence electrons. The summed E-state index contributed by atoms with van der Waals surface area (Å²) in [5, 5.41) is 12.5. The fourth-order valence-electron chi connectivity index (χ4n) is 1.17. The van der Waals surface area contributed by atoms with Crippen LogP contribution >= 0.6 is 0 Å². The molecule has 0 aliphatic rings. The molecule has 0 aromatic carbocycles. The molecule has 0 aromatic rings. The van der Waals surface area contributed by atoms with E-state index < -0.39 is 0 Å². The lowest BCUT2D eigenvalue weighted by atomic mass is 9.94. The Morgan fingerprint density at radius 2 is 1.73 bits per heavy atom. The normalized spacial score (nSPS) is 12.0. The molecular formula is C9H21NO. The average molecular weight is 159 g/mol. The second kappa shape index (κ2) is 5.56. The zero-order chi connectivity index (χ0) is 8.74. The molecule has 11 heavy (non-hydrogen) atoms. The maximum atomic E-state index is 9.14.